The van der Waals surface area contributed by atoms with Crippen LogP contribution in [0.3, 0.4) is 0 Å². The minimum absolute atomic E-state index is 0.161. The zero-order valence-corrected chi connectivity index (χ0v) is 14.9. The maximum Gasteiger partial charge on any atom is 0.254 e. The Balaban J connectivity index is 1.60. The van der Waals surface area contributed by atoms with E-state index in [-0.39, 0.29) is 17.2 Å². The van der Waals surface area contributed by atoms with Crippen LogP contribution < -0.4 is 0 Å². The van der Waals surface area contributed by atoms with E-state index in [2.05, 4.69) is 17.1 Å². The fourth-order valence-electron chi connectivity index (χ4n) is 4.45. The number of H-pyrrole nitrogens is 1. The predicted octanol–water partition coefficient (Wildman–Crippen LogP) is 3.62. The molecule has 2 aliphatic rings. The fraction of sp³-hybridized carbons (Fsp3) is 0.611. The quantitative estimate of drug-likeness (QED) is 0.921. The van der Waals surface area contributed by atoms with Gasteiger partial charge in [0, 0.05) is 30.8 Å². The average Bonchev–Trinajstić information content (AvgIpc) is 3.36. The third-order valence-electron chi connectivity index (χ3n) is 5.65. The highest BCUT2D eigenvalue weighted by Gasteiger charge is 2.51. The number of nitrogens with zero attached hydrogens (tertiary/aromatic N) is 3. The Morgan fingerprint density at radius 1 is 1.46 bits per heavy atom. The standard InChI is InChI=1S/C18H24N4OS/c1-2-5-15-19-16(21-20-15)14-10-22(12-18(14)7-3-4-8-18)17(23)13-6-9-24-11-13/h6,9,11,14H,2-5,7-8,10,12H2,1H3,(H,19,20,21). The van der Waals surface area contributed by atoms with Crippen LogP contribution in [0.15, 0.2) is 16.8 Å². The molecule has 4 rings (SSSR count). The number of hydrogen-bond donors (Lipinski definition) is 1. The fourth-order valence-corrected chi connectivity index (χ4v) is 5.08. The topological polar surface area (TPSA) is 61.9 Å². The number of hydrogen-bond acceptors (Lipinski definition) is 4. The van der Waals surface area contributed by atoms with Crippen molar-refractivity contribution in [3.05, 3.63) is 34.0 Å². The summed E-state index contributed by atoms with van der Waals surface area (Å²) in [6.07, 6.45) is 6.87. The van der Waals surface area contributed by atoms with Gasteiger partial charge in [-0.1, -0.05) is 19.8 Å². The molecule has 0 bridgehead atoms. The summed E-state index contributed by atoms with van der Waals surface area (Å²) in [5, 5.41) is 11.5. The first-order valence-electron chi connectivity index (χ1n) is 8.94. The van der Waals surface area contributed by atoms with Crippen molar-refractivity contribution in [2.75, 3.05) is 13.1 Å². The highest BCUT2D eigenvalue weighted by molar-refractivity contribution is 7.08. The molecule has 0 aromatic carbocycles. The van der Waals surface area contributed by atoms with E-state index in [1.165, 1.54) is 25.7 Å². The summed E-state index contributed by atoms with van der Waals surface area (Å²) in [7, 11) is 0. The van der Waals surface area contributed by atoms with Gasteiger partial charge in [0.15, 0.2) is 5.82 Å². The summed E-state index contributed by atoms with van der Waals surface area (Å²) < 4.78 is 0. The lowest BCUT2D eigenvalue weighted by Gasteiger charge is -2.27. The molecule has 1 saturated heterocycles. The van der Waals surface area contributed by atoms with Crippen LogP contribution in [0.1, 0.15) is 67.0 Å². The summed E-state index contributed by atoms with van der Waals surface area (Å²) in [5.74, 6) is 2.32. The first-order chi connectivity index (χ1) is 11.7. The molecule has 1 amide bonds. The van der Waals surface area contributed by atoms with Crippen molar-refractivity contribution in [3.63, 3.8) is 0 Å². The van der Waals surface area contributed by atoms with Gasteiger partial charge in [0.05, 0.1) is 5.56 Å². The number of likely N-dealkylation sites (tertiary alicyclic amines) is 1. The van der Waals surface area contributed by atoms with Gasteiger partial charge in [-0.15, -0.1) is 0 Å². The molecule has 1 unspecified atom stereocenters. The summed E-state index contributed by atoms with van der Waals surface area (Å²) in [6, 6.07) is 1.92. The number of amides is 1. The van der Waals surface area contributed by atoms with E-state index in [9.17, 15) is 4.79 Å². The van der Waals surface area contributed by atoms with Crippen LogP contribution in [-0.2, 0) is 6.42 Å². The molecule has 2 aromatic heterocycles. The predicted molar refractivity (Wildman–Crippen MR) is 94.2 cm³/mol. The molecule has 1 aliphatic carbocycles. The van der Waals surface area contributed by atoms with Crippen molar-refractivity contribution in [1.82, 2.24) is 20.1 Å². The number of aryl methyl sites for hydroxylation is 1. The molecule has 2 fully saturated rings. The Hall–Kier alpha value is -1.69. The molecule has 128 valence electrons. The van der Waals surface area contributed by atoms with Crippen molar-refractivity contribution in [3.8, 4) is 0 Å². The summed E-state index contributed by atoms with van der Waals surface area (Å²) in [4.78, 5) is 19.6. The van der Waals surface area contributed by atoms with Crippen molar-refractivity contribution in [2.45, 2.75) is 51.4 Å². The van der Waals surface area contributed by atoms with E-state index in [0.717, 1.165) is 43.1 Å². The Labute approximate surface area is 146 Å². The van der Waals surface area contributed by atoms with E-state index in [1.54, 1.807) is 11.3 Å². The number of aromatic nitrogens is 3. The molecular weight excluding hydrogens is 320 g/mol. The number of carbonyl (C=O) groups is 1. The van der Waals surface area contributed by atoms with E-state index < -0.39 is 0 Å². The lowest BCUT2D eigenvalue weighted by Crippen LogP contribution is -2.31. The van der Waals surface area contributed by atoms with Gasteiger partial charge in [0.1, 0.15) is 5.82 Å². The van der Waals surface area contributed by atoms with Gasteiger partial charge < -0.3 is 4.90 Å². The molecule has 1 spiro atoms. The van der Waals surface area contributed by atoms with Crippen molar-refractivity contribution >= 4 is 17.2 Å². The smallest absolute Gasteiger partial charge is 0.254 e. The van der Waals surface area contributed by atoms with Gasteiger partial charge in [0.25, 0.3) is 5.91 Å². The first-order valence-corrected chi connectivity index (χ1v) is 9.89. The number of carbonyl (C=O) groups excluding carboxylic acids is 1. The van der Waals surface area contributed by atoms with Crippen LogP contribution in [0, 0.1) is 5.41 Å². The molecule has 2 aromatic rings. The Kier molecular flexibility index (Phi) is 4.16. The second-order valence-corrected chi connectivity index (χ2v) is 7.99. The highest BCUT2D eigenvalue weighted by atomic mass is 32.1. The lowest BCUT2D eigenvalue weighted by atomic mass is 9.76. The third kappa shape index (κ3) is 2.66. The minimum Gasteiger partial charge on any atom is -0.337 e. The van der Waals surface area contributed by atoms with Crippen LogP contribution in [0.4, 0.5) is 0 Å². The zero-order valence-electron chi connectivity index (χ0n) is 14.1. The molecule has 1 atom stereocenters. The molecular formula is C18H24N4OS. The molecule has 3 heterocycles. The number of thiophene rings is 1. The van der Waals surface area contributed by atoms with Crippen molar-refractivity contribution < 1.29 is 4.79 Å². The second-order valence-electron chi connectivity index (χ2n) is 7.21. The minimum atomic E-state index is 0.161. The first kappa shape index (κ1) is 15.8. The van der Waals surface area contributed by atoms with Gasteiger partial charge in [-0.25, -0.2) is 4.98 Å². The van der Waals surface area contributed by atoms with Crippen LogP contribution in [0.2, 0.25) is 0 Å². The molecule has 1 saturated carbocycles. The highest BCUT2D eigenvalue weighted by Crippen LogP contribution is 2.52. The van der Waals surface area contributed by atoms with Crippen LogP contribution in [0.25, 0.3) is 0 Å². The van der Waals surface area contributed by atoms with Crippen LogP contribution in [0.5, 0.6) is 0 Å². The SMILES string of the molecule is CCCc1nc(C2CN(C(=O)c3ccsc3)CC23CCCC3)n[nH]1. The number of nitrogens with one attached hydrogen (secondary N) is 1. The maximum atomic E-state index is 12.8. The number of aromatic amines is 1. The summed E-state index contributed by atoms with van der Waals surface area (Å²) in [5.41, 5.74) is 0.993. The van der Waals surface area contributed by atoms with E-state index in [0.29, 0.717) is 0 Å². The van der Waals surface area contributed by atoms with Crippen molar-refractivity contribution in [1.29, 1.82) is 0 Å². The largest absolute Gasteiger partial charge is 0.337 e. The van der Waals surface area contributed by atoms with Gasteiger partial charge in [-0.2, -0.15) is 16.4 Å². The maximum absolute atomic E-state index is 12.8. The molecule has 5 nitrogen and oxygen atoms in total. The third-order valence-corrected chi connectivity index (χ3v) is 6.33. The van der Waals surface area contributed by atoms with Crippen molar-refractivity contribution in [2.24, 2.45) is 5.41 Å². The monoisotopic (exact) mass is 344 g/mol. The van der Waals surface area contributed by atoms with Crippen LogP contribution in [-0.4, -0.2) is 39.1 Å². The molecule has 1 aliphatic heterocycles. The van der Waals surface area contributed by atoms with Gasteiger partial charge in [-0.05, 0) is 36.1 Å². The molecule has 6 heteroatoms. The Bertz CT molecular complexity index is 702. The van der Waals surface area contributed by atoms with E-state index in [4.69, 9.17) is 4.98 Å². The Morgan fingerprint density at radius 2 is 2.29 bits per heavy atom. The summed E-state index contributed by atoms with van der Waals surface area (Å²) >= 11 is 1.58. The normalized spacial score (nSPS) is 22.5. The lowest BCUT2D eigenvalue weighted by molar-refractivity contribution is 0.0774. The molecule has 0 radical (unpaired) electrons. The Morgan fingerprint density at radius 3 is 3.00 bits per heavy atom. The molecule has 1 N–H and O–H groups in total. The average molecular weight is 344 g/mol. The second kappa shape index (κ2) is 6.31. The van der Waals surface area contributed by atoms with Crippen LogP contribution >= 0.6 is 11.3 Å². The summed E-state index contributed by atoms with van der Waals surface area (Å²) in [6.45, 7) is 3.75. The van der Waals surface area contributed by atoms with Gasteiger partial charge in [0.2, 0.25) is 0 Å². The number of rotatable bonds is 4. The van der Waals surface area contributed by atoms with Gasteiger partial charge >= 0.3 is 0 Å². The van der Waals surface area contributed by atoms with Gasteiger partial charge in [-0.3, -0.25) is 9.89 Å². The van der Waals surface area contributed by atoms with E-state index in [1.807, 2.05) is 21.7 Å². The van der Waals surface area contributed by atoms with E-state index >= 15 is 0 Å². The zero-order chi connectivity index (χ0) is 16.6. The molecule has 24 heavy (non-hydrogen) atoms.